The molecule has 4 nitrogen and oxygen atoms in total. The number of nitrogens with zero attached hydrogens (tertiary/aromatic N) is 1. The molecule has 1 saturated carbocycles. The van der Waals surface area contributed by atoms with E-state index in [-0.39, 0.29) is 23.4 Å². The lowest BCUT2D eigenvalue weighted by molar-refractivity contribution is -0.593. The van der Waals surface area contributed by atoms with Gasteiger partial charge in [-0.1, -0.05) is 13.0 Å². The second kappa shape index (κ2) is 6.03. The SMILES string of the molecule is CCc1ccc(-c2cccc[n+]2[O-])cc1C1=C(O)[C@@H]2CCC(C2)C1=O. The number of ketones is 1. The van der Waals surface area contributed by atoms with Gasteiger partial charge in [-0.3, -0.25) is 4.79 Å². The van der Waals surface area contributed by atoms with Gasteiger partial charge < -0.3 is 10.3 Å². The minimum atomic E-state index is 0.0328. The maximum Gasteiger partial charge on any atom is 0.223 e. The third kappa shape index (κ3) is 2.53. The van der Waals surface area contributed by atoms with Gasteiger partial charge in [-0.05, 0) is 55.0 Å². The number of hydrogen-bond donors (Lipinski definition) is 1. The van der Waals surface area contributed by atoms with Crippen molar-refractivity contribution in [2.45, 2.75) is 32.6 Å². The largest absolute Gasteiger partial charge is 0.618 e. The zero-order valence-corrected chi connectivity index (χ0v) is 14.2. The van der Waals surface area contributed by atoms with Crippen LogP contribution >= 0.6 is 0 Å². The van der Waals surface area contributed by atoms with Crippen LogP contribution in [0.4, 0.5) is 0 Å². The normalized spacial score (nSPS) is 22.5. The zero-order chi connectivity index (χ0) is 17.6. The predicted octanol–water partition coefficient (Wildman–Crippen LogP) is 3.82. The number of hydrogen-bond acceptors (Lipinski definition) is 3. The maximum absolute atomic E-state index is 12.9. The van der Waals surface area contributed by atoms with Crippen LogP contribution in [0.15, 0.2) is 48.4 Å². The van der Waals surface area contributed by atoms with Crippen LogP contribution < -0.4 is 4.73 Å². The van der Waals surface area contributed by atoms with E-state index in [1.807, 2.05) is 31.2 Å². The standard InChI is InChI=1S/C21H21NO3/c1-2-13-6-7-14(18-5-3-4-10-22(18)25)12-17(13)19-20(23)15-8-9-16(11-15)21(19)24/h3-7,10,12,15-16,23H,2,8-9,11H2,1H3/t15-,16?/m1/s1. The summed E-state index contributed by atoms with van der Waals surface area (Å²) in [5.41, 5.74) is 3.58. The van der Waals surface area contributed by atoms with E-state index in [4.69, 9.17) is 0 Å². The van der Waals surface area contributed by atoms with E-state index in [0.717, 1.165) is 47.1 Å². The Hall–Kier alpha value is -2.62. The van der Waals surface area contributed by atoms with Crippen molar-refractivity contribution < 1.29 is 14.6 Å². The Morgan fingerprint density at radius 1 is 1.20 bits per heavy atom. The lowest BCUT2D eigenvalue weighted by Gasteiger charge is -2.23. The van der Waals surface area contributed by atoms with Crippen LogP contribution in [0.25, 0.3) is 16.8 Å². The lowest BCUT2D eigenvalue weighted by Crippen LogP contribution is -2.28. The van der Waals surface area contributed by atoms with Gasteiger partial charge in [0.1, 0.15) is 5.76 Å². The number of aryl methyl sites for hydroxylation is 1. The van der Waals surface area contributed by atoms with Crippen LogP contribution in [-0.2, 0) is 11.2 Å². The molecule has 1 fully saturated rings. The van der Waals surface area contributed by atoms with Gasteiger partial charge in [-0.15, -0.1) is 0 Å². The molecule has 1 N–H and O–H groups in total. The predicted molar refractivity (Wildman–Crippen MR) is 95.6 cm³/mol. The van der Waals surface area contributed by atoms with E-state index in [9.17, 15) is 15.1 Å². The highest BCUT2D eigenvalue weighted by Gasteiger charge is 2.41. The number of allylic oxidation sites excluding steroid dienone is 2. The van der Waals surface area contributed by atoms with Crippen LogP contribution in [0, 0.1) is 17.0 Å². The molecule has 2 bridgehead atoms. The fourth-order valence-electron chi connectivity index (χ4n) is 4.20. The summed E-state index contributed by atoms with van der Waals surface area (Å²) in [5, 5.41) is 22.8. The number of carbonyl (C=O) groups is 1. The van der Waals surface area contributed by atoms with Gasteiger partial charge in [0.05, 0.1) is 5.57 Å². The van der Waals surface area contributed by atoms with Crippen LogP contribution in [0.2, 0.25) is 0 Å². The summed E-state index contributed by atoms with van der Waals surface area (Å²) < 4.78 is 0.825. The number of fused-ring (bicyclic) bond motifs is 2. The van der Waals surface area contributed by atoms with Crippen molar-refractivity contribution >= 4 is 11.4 Å². The fraction of sp³-hybridized carbons (Fsp3) is 0.333. The molecule has 4 rings (SSSR count). The van der Waals surface area contributed by atoms with Crippen molar-refractivity contribution in [3.05, 3.63) is 64.7 Å². The molecule has 1 aromatic carbocycles. The number of aliphatic hydroxyl groups excluding tert-OH is 1. The summed E-state index contributed by atoms with van der Waals surface area (Å²) in [5.74, 6) is 0.437. The molecule has 0 spiro atoms. The highest BCUT2D eigenvalue weighted by atomic mass is 16.5. The zero-order valence-electron chi connectivity index (χ0n) is 14.2. The monoisotopic (exact) mass is 335 g/mol. The van der Waals surface area contributed by atoms with E-state index in [1.54, 1.807) is 12.1 Å². The molecule has 1 aromatic heterocycles. The molecule has 2 aliphatic carbocycles. The average Bonchev–Trinajstić information content (AvgIpc) is 3.08. The molecule has 4 heteroatoms. The summed E-state index contributed by atoms with van der Waals surface area (Å²) in [6.45, 7) is 2.04. The van der Waals surface area contributed by atoms with E-state index in [2.05, 4.69) is 0 Å². The molecule has 2 aromatic rings. The number of pyridine rings is 1. The number of aromatic nitrogens is 1. The summed E-state index contributed by atoms with van der Waals surface area (Å²) in [6.07, 6.45) is 4.74. The third-order valence-corrected chi connectivity index (χ3v) is 5.57. The average molecular weight is 335 g/mol. The Balaban J connectivity index is 1.89. The van der Waals surface area contributed by atoms with Crippen LogP contribution in [0.5, 0.6) is 0 Å². The Labute approximate surface area is 147 Å². The molecule has 0 aliphatic heterocycles. The minimum absolute atomic E-state index is 0.0328. The molecule has 0 amide bonds. The first-order valence-corrected chi connectivity index (χ1v) is 8.89. The van der Waals surface area contributed by atoms with Crippen molar-refractivity contribution in [3.8, 4) is 11.3 Å². The summed E-state index contributed by atoms with van der Waals surface area (Å²) in [4.78, 5) is 12.9. The lowest BCUT2D eigenvalue weighted by atomic mass is 9.81. The van der Waals surface area contributed by atoms with Crippen molar-refractivity contribution in [3.63, 3.8) is 0 Å². The molecule has 1 heterocycles. The molecule has 0 radical (unpaired) electrons. The van der Waals surface area contributed by atoms with Crippen LogP contribution in [0.1, 0.15) is 37.3 Å². The van der Waals surface area contributed by atoms with E-state index in [0.29, 0.717) is 11.3 Å². The summed E-state index contributed by atoms with van der Waals surface area (Å²) in [7, 11) is 0. The molecule has 0 saturated heterocycles. The van der Waals surface area contributed by atoms with Crippen molar-refractivity contribution in [2.75, 3.05) is 0 Å². The molecular formula is C21H21NO3. The Morgan fingerprint density at radius 3 is 2.76 bits per heavy atom. The third-order valence-electron chi connectivity index (χ3n) is 5.57. The molecule has 1 unspecified atom stereocenters. The molecule has 2 aliphatic rings. The molecule has 2 atom stereocenters. The van der Waals surface area contributed by atoms with Gasteiger partial charge in [-0.2, -0.15) is 4.73 Å². The number of aliphatic hydroxyl groups is 1. The first-order chi connectivity index (χ1) is 12.1. The molecule has 128 valence electrons. The maximum atomic E-state index is 12.9. The Bertz CT molecular complexity index is 884. The summed E-state index contributed by atoms with van der Waals surface area (Å²) >= 11 is 0. The Kier molecular flexibility index (Phi) is 3.83. The van der Waals surface area contributed by atoms with Crippen molar-refractivity contribution in [2.24, 2.45) is 11.8 Å². The van der Waals surface area contributed by atoms with Gasteiger partial charge in [0.2, 0.25) is 5.69 Å². The van der Waals surface area contributed by atoms with Crippen molar-refractivity contribution in [1.82, 2.24) is 0 Å². The second-order valence-electron chi connectivity index (χ2n) is 6.97. The fourth-order valence-corrected chi connectivity index (χ4v) is 4.20. The van der Waals surface area contributed by atoms with Crippen LogP contribution in [-0.4, -0.2) is 10.9 Å². The first-order valence-electron chi connectivity index (χ1n) is 8.89. The molecule has 25 heavy (non-hydrogen) atoms. The Morgan fingerprint density at radius 2 is 2.00 bits per heavy atom. The van der Waals surface area contributed by atoms with Gasteiger partial charge >= 0.3 is 0 Å². The summed E-state index contributed by atoms with van der Waals surface area (Å²) in [6, 6.07) is 11.0. The van der Waals surface area contributed by atoms with Gasteiger partial charge in [0.15, 0.2) is 12.0 Å². The quantitative estimate of drug-likeness (QED) is 0.685. The smallest absolute Gasteiger partial charge is 0.223 e. The van der Waals surface area contributed by atoms with E-state index < -0.39 is 0 Å². The van der Waals surface area contributed by atoms with Gasteiger partial charge in [-0.25, -0.2) is 0 Å². The number of carbonyl (C=O) groups excluding carboxylic acids is 1. The minimum Gasteiger partial charge on any atom is -0.618 e. The highest BCUT2D eigenvalue weighted by molar-refractivity contribution is 6.23. The number of rotatable bonds is 3. The second-order valence-corrected chi connectivity index (χ2v) is 6.97. The number of benzene rings is 1. The van der Waals surface area contributed by atoms with Crippen LogP contribution in [0.3, 0.4) is 0 Å². The number of Topliss-reactive ketones (excluding diaryl/α,β-unsaturated/α-hetero) is 1. The van der Waals surface area contributed by atoms with Crippen molar-refractivity contribution in [1.29, 1.82) is 0 Å². The molecular weight excluding hydrogens is 314 g/mol. The van der Waals surface area contributed by atoms with E-state index in [1.165, 1.54) is 6.20 Å². The topological polar surface area (TPSA) is 64.2 Å². The van der Waals surface area contributed by atoms with E-state index >= 15 is 0 Å². The van der Waals surface area contributed by atoms with Gasteiger partial charge in [0, 0.05) is 29.5 Å². The first kappa shape index (κ1) is 15.9. The highest BCUT2D eigenvalue weighted by Crippen LogP contribution is 2.46. The van der Waals surface area contributed by atoms with Gasteiger partial charge in [0.25, 0.3) is 0 Å².